The molecule has 0 spiro atoms. The van der Waals surface area contributed by atoms with Crippen molar-refractivity contribution < 1.29 is 19.4 Å². The van der Waals surface area contributed by atoms with Crippen molar-refractivity contribution in [2.24, 2.45) is 0 Å². The largest absolute Gasteiger partial charge is 0.508 e. The van der Waals surface area contributed by atoms with E-state index in [0.717, 1.165) is 37.6 Å². The molecule has 1 aromatic heterocycles. The Morgan fingerprint density at radius 3 is 2.45 bits per heavy atom. The maximum absolute atomic E-state index is 14.1. The van der Waals surface area contributed by atoms with Crippen molar-refractivity contribution in [1.29, 1.82) is 0 Å². The molecular weight excluding hydrogens is 482 g/mol. The summed E-state index contributed by atoms with van der Waals surface area (Å²) in [5.74, 6) is 0.116. The van der Waals surface area contributed by atoms with Crippen molar-refractivity contribution in [2.75, 3.05) is 12.0 Å². The standard InChI is InChI=1S/C29H31N5O4/c1-38-24-17-13-22(14-18-24)34(27(36)19-33-26-10-6-5-9-25(26)31-32-33)28(20-11-15-23(35)16-12-20)29(37)30-21-7-3-2-4-8-21/h5-6,9-18,21,28,35H,2-4,7-8,19H2,1H3,(H,30,37)/t28-/m1/s1. The summed E-state index contributed by atoms with van der Waals surface area (Å²) in [6.07, 6.45) is 5.12. The molecule has 2 N–H and O–H groups in total. The van der Waals surface area contributed by atoms with E-state index >= 15 is 0 Å². The first-order chi connectivity index (χ1) is 18.5. The molecule has 2 amide bonds. The Bertz CT molecular complexity index is 1390. The highest BCUT2D eigenvalue weighted by molar-refractivity contribution is 6.01. The van der Waals surface area contributed by atoms with Crippen LogP contribution in [-0.2, 0) is 16.1 Å². The van der Waals surface area contributed by atoms with Crippen LogP contribution in [0.3, 0.4) is 0 Å². The highest BCUT2D eigenvalue weighted by atomic mass is 16.5. The zero-order valence-corrected chi connectivity index (χ0v) is 21.3. The van der Waals surface area contributed by atoms with E-state index in [1.807, 2.05) is 24.3 Å². The minimum atomic E-state index is -0.965. The van der Waals surface area contributed by atoms with Crippen LogP contribution in [0.15, 0.2) is 72.8 Å². The molecule has 38 heavy (non-hydrogen) atoms. The zero-order chi connectivity index (χ0) is 26.5. The number of amides is 2. The van der Waals surface area contributed by atoms with Gasteiger partial charge in [0.25, 0.3) is 0 Å². The molecule has 0 saturated heterocycles. The number of aromatic nitrogens is 3. The van der Waals surface area contributed by atoms with Crippen LogP contribution in [0.4, 0.5) is 5.69 Å². The minimum Gasteiger partial charge on any atom is -0.508 e. The Labute approximate surface area is 221 Å². The van der Waals surface area contributed by atoms with E-state index in [1.54, 1.807) is 48.2 Å². The molecule has 1 heterocycles. The van der Waals surface area contributed by atoms with E-state index in [0.29, 0.717) is 22.5 Å². The van der Waals surface area contributed by atoms with Gasteiger partial charge in [0.2, 0.25) is 11.8 Å². The molecule has 5 rings (SSSR count). The molecule has 9 heteroatoms. The predicted octanol–water partition coefficient (Wildman–Crippen LogP) is 4.37. The van der Waals surface area contributed by atoms with Crippen molar-refractivity contribution in [2.45, 2.75) is 50.7 Å². The molecule has 4 aromatic rings. The first-order valence-electron chi connectivity index (χ1n) is 12.9. The highest BCUT2D eigenvalue weighted by Gasteiger charge is 2.34. The van der Waals surface area contributed by atoms with Gasteiger partial charge < -0.3 is 15.2 Å². The fraction of sp³-hybridized carbons (Fsp3) is 0.310. The number of aromatic hydroxyl groups is 1. The smallest absolute Gasteiger partial charge is 0.249 e. The molecule has 196 valence electrons. The molecule has 0 radical (unpaired) electrons. The summed E-state index contributed by atoms with van der Waals surface area (Å²) in [7, 11) is 1.57. The average molecular weight is 514 g/mol. The second kappa shape index (κ2) is 11.3. The minimum absolute atomic E-state index is 0.0583. The van der Waals surface area contributed by atoms with Gasteiger partial charge >= 0.3 is 0 Å². The maximum atomic E-state index is 14.1. The number of phenols is 1. The molecular formula is C29H31N5O4. The fourth-order valence-corrected chi connectivity index (χ4v) is 5.02. The second-order valence-corrected chi connectivity index (χ2v) is 9.54. The molecule has 1 aliphatic carbocycles. The normalized spacial score (nSPS) is 14.7. The van der Waals surface area contributed by atoms with Crippen LogP contribution in [0.5, 0.6) is 11.5 Å². The van der Waals surface area contributed by atoms with Crippen LogP contribution in [-0.4, -0.2) is 45.1 Å². The number of benzene rings is 3. The van der Waals surface area contributed by atoms with Gasteiger partial charge in [0.15, 0.2) is 0 Å². The van der Waals surface area contributed by atoms with Gasteiger partial charge in [-0.1, -0.05) is 48.7 Å². The summed E-state index contributed by atoms with van der Waals surface area (Å²) in [4.78, 5) is 29.5. The van der Waals surface area contributed by atoms with Crippen molar-refractivity contribution >= 4 is 28.5 Å². The van der Waals surface area contributed by atoms with E-state index < -0.39 is 6.04 Å². The van der Waals surface area contributed by atoms with Crippen LogP contribution in [0.2, 0.25) is 0 Å². The monoisotopic (exact) mass is 513 g/mol. The topological polar surface area (TPSA) is 110 Å². The number of rotatable bonds is 8. The number of phenolic OH excluding ortho intramolecular Hbond substituents is 1. The number of carbonyl (C=O) groups is 2. The van der Waals surface area contributed by atoms with Crippen molar-refractivity contribution in [3.63, 3.8) is 0 Å². The third-order valence-electron chi connectivity index (χ3n) is 6.99. The van der Waals surface area contributed by atoms with Crippen molar-refractivity contribution in [1.82, 2.24) is 20.3 Å². The van der Waals surface area contributed by atoms with Gasteiger partial charge in [0.1, 0.15) is 29.6 Å². The van der Waals surface area contributed by atoms with Crippen LogP contribution in [0, 0.1) is 0 Å². The Morgan fingerprint density at radius 1 is 1.03 bits per heavy atom. The van der Waals surface area contributed by atoms with Crippen LogP contribution < -0.4 is 15.0 Å². The van der Waals surface area contributed by atoms with Gasteiger partial charge in [-0.2, -0.15) is 0 Å². The molecule has 3 aromatic carbocycles. The van der Waals surface area contributed by atoms with E-state index in [4.69, 9.17) is 4.74 Å². The number of hydrogen-bond acceptors (Lipinski definition) is 6. The van der Waals surface area contributed by atoms with Gasteiger partial charge in [-0.25, -0.2) is 4.68 Å². The number of nitrogens with zero attached hydrogens (tertiary/aromatic N) is 4. The highest BCUT2D eigenvalue weighted by Crippen LogP contribution is 2.31. The lowest BCUT2D eigenvalue weighted by Gasteiger charge is -2.33. The van der Waals surface area contributed by atoms with Gasteiger partial charge in [-0.05, 0) is 66.9 Å². The van der Waals surface area contributed by atoms with E-state index in [1.165, 1.54) is 17.0 Å². The molecule has 1 aliphatic rings. The molecule has 1 atom stereocenters. The predicted molar refractivity (Wildman–Crippen MR) is 144 cm³/mol. The van der Waals surface area contributed by atoms with E-state index in [9.17, 15) is 14.7 Å². The number of methoxy groups -OCH3 is 1. The number of hydrogen-bond donors (Lipinski definition) is 2. The Balaban J connectivity index is 1.55. The Morgan fingerprint density at radius 2 is 1.74 bits per heavy atom. The summed E-state index contributed by atoms with van der Waals surface area (Å²) in [5, 5.41) is 21.5. The van der Waals surface area contributed by atoms with E-state index in [2.05, 4.69) is 15.6 Å². The Kier molecular flexibility index (Phi) is 7.53. The first kappa shape index (κ1) is 25.3. The second-order valence-electron chi connectivity index (χ2n) is 9.54. The molecule has 0 unspecified atom stereocenters. The molecule has 9 nitrogen and oxygen atoms in total. The summed E-state index contributed by atoms with van der Waals surface area (Å²) >= 11 is 0. The van der Waals surface area contributed by atoms with Gasteiger partial charge in [-0.3, -0.25) is 14.5 Å². The number of anilines is 1. The van der Waals surface area contributed by atoms with Gasteiger partial charge in [-0.15, -0.1) is 5.10 Å². The third kappa shape index (κ3) is 5.46. The number of carbonyl (C=O) groups excluding carboxylic acids is 2. The number of para-hydroxylation sites is 1. The van der Waals surface area contributed by atoms with Crippen molar-refractivity contribution in [3.05, 3.63) is 78.4 Å². The lowest BCUT2D eigenvalue weighted by Crippen LogP contribution is -2.48. The summed E-state index contributed by atoms with van der Waals surface area (Å²) in [5.41, 5.74) is 2.53. The van der Waals surface area contributed by atoms with Crippen LogP contribution in [0.25, 0.3) is 11.0 Å². The molecule has 1 saturated carbocycles. The number of ether oxygens (including phenoxy) is 1. The summed E-state index contributed by atoms with van der Waals surface area (Å²) in [6.45, 7) is -0.113. The molecule has 1 fully saturated rings. The summed E-state index contributed by atoms with van der Waals surface area (Å²) < 4.78 is 6.86. The van der Waals surface area contributed by atoms with Crippen LogP contribution in [0.1, 0.15) is 43.7 Å². The average Bonchev–Trinajstić information content (AvgIpc) is 3.35. The lowest BCUT2D eigenvalue weighted by atomic mass is 9.94. The van der Waals surface area contributed by atoms with Gasteiger partial charge in [0, 0.05) is 11.7 Å². The fourth-order valence-electron chi connectivity index (χ4n) is 5.02. The van der Waals surface area contributed by atoms with E-state index in [-0.39, 0.29) is 30.2 Å². The van der Waals surface area contributed by atoms with Crippen molar-refractivity contribution in [3.8, 4) is 11.5 Å². The first-order valence-corrected chi connectivity index (χ1v) is 12.9. The number of nitrogens with one attached hydrogen (secondary N) is 1. The lowest BCUT2D eigenvalue weighted by molar-refractivity contribution is -0.127. The van der Waals surface area contributed by atoms with Gasteiger partial charge in [0.05, 0.1) is 12.6 Å². The SMILES string of the molecule is COc1ccc(N(C(=O)Cn2nnc3ccccc32)[C@@H](C(=O)NC2CCCCC2)c2ccc(O)cc2)cc1. The molecule has 0 bridgehead atoms. The molecule has 0 aliphatic heterocycles. The summed E-state index contributed by atoms with van der Waals surface area (Å²) in [6, 6.07) is 20.0. The zero-order valence-electron chi connectivity index (χ0n) is 21.3. The Hall–Kier alpha value is -4.40. The number of fused-ring (bicyclic) bond motifs is 1. The third-order valence-corrected chi connectivity index (χ3v) is 6.99. The van der Waals surface area contributed by atoms with Crippen LogP contribution >= 0.6 is 0 Å². The maximum Gasteiger partial charge on any atom is 0.249 e. The quantitative estimate of drug-likeness (QED) is 0.362.